The lowest BCUT2D eigenvalue weighted by molar-refractivity contribution is 0.0341. The second-order valence-corrected chi connectivity index (χ2v) is 7.66. The van der Waals surface area contributed by atoms with Crippen molar-refractivity contribution in [1.29, 1.82) is 0 Å². The normalized spacial score (nSPS) is 15.3. The van der Waals surface area contributed by atoms with Gasteiger partial charge in [0.05, 0.1) is 13.2 Å². The molecular weight excluding hydrogens is 390 g/mol. The molecule has 1 fully saturated rings. The van der Waals surface area contributed by atoms with Gasteiger partial charge in [0.2, 0.25) is 0 Å². The number of benzene rings is 1. The van der Waals surface area contributed by atoms with Crippen LogP contribution in [0.5, 0.6) is 0 Å². The molecule has 1 aromatic carbocycles. The third-order valence-electron chi connectivity index (χ3n) is 5.54. The summed E-state index contributed by atoms with van der Waals surface area (Å²) in [4.78, 5) is 6.82. The summed E-state index contributed by atoms with van der Waals surface area (Å²) >= 11 is 0. The molecule has 31 heavy (non-hydrogen) atoms. The zero-order valence-corrected chi connectivity index (χ0v) is 18.1. The van der Waals surface area contributed by atoms with E-state index in [0.29, 0.717) is 0 Å². The van der Waals surface area contributed by atoms with Gasteiger partial charge in [0, 0.05) is 52.4 Å². The first kappa shape index (κ1) is 21.3. The minimum Gasteiger partial charge on any atom is -0.379 e. The highest BCUT2D eigenvalue weighted by Crippen LogP contribution is 2.13. The number of ether oxygens (including phenoxy) is 1. The molecule has 0 spiro atoms. The van der Waals surface area contributed by atoms with Crippen LogP contribution in [0.1, 0.15) is 23.4 Å². The molecule has 0 saturated carbocycles. The maximum Gasteiger partial charge on any atom is 0.191 e. The van der Waals surface area contributed by atoms with E-state index in [1.165, 1.54) is 11.1 Å². The second kappa shape index (κ2) is 10.9. The molecule has 8 heteroatoms. The van der Waals surface area contributed by atoms with Crippen LogP contribution in [0.4, 0.5) is 0 Å². The number of rotatable bonds is 8. The zero-order chi connectivity index (χ0) is 21.3. The number of guanidine groups is 1. The molecule has 1 aliphatic heterocycles. The highest BCUT2D eigenvalue weighted by Gasteiger charge is 2.13. The summed E-state index contributed by atoms with van der Waals surface area (Å²) in [6.45, 7) is 6.15. The molecule has 3 aromatic rings. The van der Waals surface area contributed by atoms with Gasteiger partial charge in [0.25, 0.3) is 0 Å². The molecular formula is C23H31N7O. The first-order chi connectivity index (χ1) is 15.3. The van der Waals surface area contributed by atoms with Crippen molar-refractivity contribution in [3.8, 4) is 0 Å². The molecule has 0 bridgehead atoms. The molecule has 0 amide bonds. The van der Waals surface area contributed by atoms with Gasteiger partial charge in [0.15, 0.2) is 11.6 Å². The molecule has 0 aliphatic carbocycles. The van der Waals surface area contributed by atoms with Gasteiger partial charge in [-0.3, -0.25) is 14.3 Å². The van der Waals surface area contributed by atoms with Gasteiger partial charge in [-0.05, 0) is 29.7 Å². The quantitative estimate of drug-likeness (QED) is 0.328. The molecule has 164 valence electrons. The van der Waals surface area contributed by atoms with E-state index in [-0.39, 0.29) is 0 Å². The third kappa shape index (κ3) is 5.80. The van der Waals surface area contributed by atoms with Gasteiger partial charge in [-0.15, -0.1) is 10.2 Å². The van der Waals surface area contributed by atoms with Crippen LogP contribution in [0.25, 0.3) is 5.65 Å². The Hall–Kier alpha value is -2.97. The Balaban J connectivity index is 1.24. The summed E-state index contributed by atoms with van der Waals surface area (Å²) in [5, 5.41) is 15.4. The number of aliphatic imine (C=N–C) groups is 1. The Morgan fingerprint density at radius 2 is 1.84 bits per heavy atom. The molecule has 3 heterocycles. The Bertz CT molecular complexity index is 994. The van der Waals surface area contributed by atoms with E-state index < -0.39 is 0 Å². The van der Waals surface area contributed by atoms with E-state index >= 15 is 0 Å². The highest BCUT2D eigenvalue weighted by molar-refractivity contribution is 5.79. The lowest BCUT2D eigenvalue weighted by Gasteiger charge is -2.27. The van der Waals surface area contributed by atoms with Crippen LogP contribution in [0.2, 0.25) is 0 Å². The van der Waals surface area contributed by atoms with Gasteiger partial charge in [0.1, 0.15) is 5.82 Å². The van der Waals surface area contributed by atoms with Gasteiger partial charge < -0.3 is 15.4 Å². The number of nitrogens with zero attached hydrogens (tertiary/aromatic N) is 5. The maximum absolute atomic E-state index is 5.47. The molecule has 8 nitrogen and oxygen atoms in total. The Morgan fingerprint density at radius 3 is 2.68 bits per heavy atom. The monoisotopic (exact) mass is 421 g/mol. The summed E-state index contributed by atoms with van der Waals surface area (Å²) < 4.78 is 7.51. The Kier molecular flexibility index (Phi) is 7.46. The zero-order valence-electron chi connectivity index (χ0n) is 18.1. The lowest BCUT2D eigenvalue weighted by Crippen LogP contribution is -2.38. The Morgan fingerprint density at radius 1 is 1.03 bits per heavy atom. The number of hydrogen-bond acceptors (Lipinski definition) is 5. The van der Waals surface area contributed by atoms with Crippen molar-refractivity contribution >= 4 is 11.6 Å². The van der Waals surface area contributed by atoms with E-state index in [9.17, 15) is 0 Å². The summed E-state index contributed by atoms with van der Waals surface area (Å²) in [6, 6.07) is 14.6. The molecule has 1 aliphatic rings. The minimum absolute atomic E-state index is 0.745. The van der Waals surface area contributed by atoms with E-state index in [4.69, 9.17) is 4.74 Å². The standard InChI is InChI=1S/C23H31N7O/c1-24-23(25-11-6-10-22-28-27-21-9-4-5-12-30(21)22)26-17-19-7-2-3-8-20(19)18-29-13-15-31-16-14-29/h2-5,7-9,12H,6,10-11,13-18H2,1H3,(H2,24,25,26). The first-order valence-corrected chi connectivity index (χ1v) is 10.9. The van der Waals surface area contributed by atoms with Gasteiger partial charge in [-0.2, -0.15) is 0 Å². The minimum atomic E-state index is 0.745. The van der Waals surface area contributed by atoms with E-state index in [2.05, 4.69) is 55.0 Å². The number of aromatic nitrogens is 3. The SMILES string of the molecule is CN=C(NCCCc1nnc2ccccn12)NCc1ccccc1CN1CCOCC1. The fourth-order valence-corrected chi connectivity index (χ4v) is 3.80. The van der Waals surface area contributed by atoms with Crippen LogP contribution >= 0.6 is 0 Å². The van der Waals surface area contributed by atoms with Crippen molar-refractivity contribution in [1.82, 2.24) is 30.1 Å². The third-order valence-corrected chi connectivity index (χ3v) is 5.54. The van der Waals surface area contributed by atoms with Gasteiger partial charge >= 0.3 is 0 Å². The average molecular weight is 422 g/mol. The number of pyridine rings is 1. The number of aryl methyl sites for hydroxylation is 1. The number of fused-ring (bicyclic) bond motifs is 1. The molecule has 2 N–H and O–H groups in total. The van der Waals surface area contributed by atoms with Crippen molar-refractivity contribution < 1.29 is 4.74 Å². The Labute approximate surface area is 183 Å². The van der Waals surface area contributed by atoms with Crippen LogP contribution < -0.4 is 10.6 Å². The number of morpholine rings is 1. The van der Waals surface area contributed by atoms with E-state index in [0.717, 1.165) is 76.2 Å². The smallest absolute Gasteiger partial charge is 0.191 e. The van der Waals surface area contributed by atoms with Crippen molar-refractivity contribution in [3.05, 3.63) is 65.6 Å². The van der Waals surface area contributed by atoms with E-state index in [1.807, 2.05) is 28.8 Å². The molecule has 2 aromatic heterocycles. The fraction of sp³-hybridized carbons (Fsp3) is 0.435. The second-order valence-electron chi connectivity index (χ2n) is 7.66. The number of nitrogens with one attached hydrogen (secondary N) is 2. The number of hydrogen-bond donors (Lipinski definition) is 2. The van der Waals surface area contributed by atoms with Crippen LogP contribution in [-0.2, 0) is 24.2 Å². The van der Waals surface area contributed by atoms with Crippen molar-refractivity contribution in [3.63, 3.8) is 0 Å². The largest absolute Gasteiger partial charge is 0.379 e. The summed E-state index contributed by atoms with van der Waals surface area (Å²) in [7, 11) is 1.81. The summed E-state index contributed by atoms with van der Waals surface area (Å²) in [6.07, 6.45) is 3.81. The fourth-order valence-electron chi connectivity index (χ4n) is 3.80. The predicted molar refractivity (Wildman–Crippen MR) is 122 cm³/mol. The van der Waals surface area contributed by atoms with Crippen molar-refractivity contribution in [2.45, 2.75) is 25.9 Å². The first-order valence-electron chi connectivity index (χ1n) is 10.9. The highest BCUT2D eigenvalue weighted by atomic mass is 16.5. The average Bonchev–Trinajstić information content (AvgIpc) is 3.23. The summed E-state index contributed by atoms with van der Waals surface area (Å²) in [5.74, 6) is 1.80. The molecule has 0 radical (unpaired) electrons. The van der Waals surface area contributed by atoms with Crippen LogP contribution in [0.3, 0.4) is 0 Å². The maximum atomic E-state index is 5.47. The van der Waals surface area contributed by atoms with Crippen LogP contribution in [-0.4, -0.2) is 65.4 Å². The van der Waals surface area contributed by atoms with Crippen LogP contribution in [0, 0.1) is 0 Å². The summed E-state index contributed by atoms with van der Waals surface area (Å²) in [5.41, 5.74) is 3.54. The lowest BCUT2D eigenvalue weighted by atomic mass is 10.1. The van der Waals surface area contributed by atoms with E-state index in [1.54, 1.807) is 7.05 Å². The van der Waals surface area contributed by atoms with Gasteiger partial charge in [-0.1, -0.05) is 30.3 Å². The van der Waals surface area contributed by atoms with Gasteiger partial charge in [-0.25, -0.2) is 0 Å². The topological polar surface area (TPSA) is 79.1 Å². The van der Waals surface area contributed by atoms with Crippen LogP contribution in [0.15, 0.2) is 53.7 Å². The molecule has 0 atom stereocenters. The molecule has 1 saturated heterocycles. The molecule has 4 rings (SSSR count). The van der Waals surface area contributed by atoms with Crippen molar-refractivity contribution in [2.24, 2.45) is 4.99 Å². The predicted octanol–water partition coefficient (Wildman–Crippen LogP) is 1.86. The van der Waals surface area contributed by atoms with Crippen molar-refractivity contribution in [2.75, 3.05) is 39.9 Å². The molecule has 0 unspecified atom stereocenters.